The fraction of sp³-hybridized carbons (Fsp3) is 0.211. The van der Waals surface area contributed by atoms with E-state index in [-0.39, 0.29) is 17.0 Å². The van der Waals surface area contributed by atoms with Gasteiger partial charge in [-0.2, -0.15) is 0 Å². The smallest absolute Gasteiger partial charge is 0.244 e. The average molecular weight is 332 g/mol. The van der Waals surface area contributed by atoms with E-state index in [0.717, 1.165) is 18.4 Å². The number of halogens is 2. The van der Waals surface area contributed by atoms with Crippen molar-refractivity contribution < 1.29 is 9.18 Å². The average Bonchev–Trinajstić information content (AvgIpc) is 2.56. The number of benzene rings is 2. The number of carbonyl (C=O) groups excluding carboxylic acids is 1. The minimum Gasteiger partial charge on any atom is -0.346 e. The first-order chi connectivity index (χ1) is 11.1. The van der Waals surface area contributed by atoms with E-state index in [0.29, 0.717) is 5.56 Å². The summed E-state index contributed by atoms with van der Waals surface area (Å²) in [7, 11) is 0. The van der Waals surface area contributed by atoms with Gasteiger partial charge < -0.3 is 5.32 Å². The van der Waals surface area contributed by atoms with Gasteiger partial charge in [0.1, 0.15) is 5.82 Å². The Morgan fingerprint density at radius 3 is 2.65 bits per heavy atom. The summed E-state index contributed by atoms with van der Waals surface area (Å²) in [5.74, 6) is -0.659. The lowest BCUT2D eigenvalue weighted by atomic mass is 10.0. The number of hydrogen-bond donors (Lipinski definition) is 1. The van der Waals surface area contributed by atoms with Gasteiger partial charge in [-0.1, -0.05) is 61.3 Å². The molecule has 0 saturated carbocycles. The number of nitrogens with one attached hydrogen (secondary N) is 1. The van der Waals surface area contributed by atoms with Crippen LogP contribution >= 0.6 is 11.6 Å². The van der Waals surface area contributed by atoms with Crippen LogP contribution in [0.15, 0.2) is 54.6 Å². The van der Waals surface area contributed by atoms with Gasteiger partial charge in [0, 0.05) is 6.08 Å². The van der Waals surface area contributed by atoms with Gasteiger partial charge in [0.15, 0.2) is 0 Å². The highest BCUT2D eigenvalue weighted by atomic mass is 35.5. The zero-order valence-electron chi connectivity index (χ0n) is 12.9. The van der Waals surface area contributed by atoms with E-state index >= 15 is 0 Å². The zero-order valence-corrected chi connectivity index (χ0v) is 13.7. The minimum absolute atomic E-state index is 0.0184. The van der Waals surface area contributed by atoms with Crippen molar-refractivity contribution in [3.63, 3.8) is 0 Å². The fourth-order valence-corrected chi connectivity index (χ4v) is 2.49. The van der Waals surface area contributed by atoms with E-state index < -0.39 is 5.82 Å². The maximum Gasteiger partial charge on any atom is 0.244 e. The molecule has 0 aliphatic carbocycles. The van der Waals surface area contributed by atoms with E-state index in [1.165, 1.54) is 18.2 Å². The lowest BCUT2D eigenvalue weighted by molar-refractivity contribution is -0.117. The molecule has 1 unspecified atom stereocenters. The van der Waals surface area contributed by atoms with E-state index in [1.807, 2.05) is 30.3 Å². The largest absolute Gasteiger partial charge is 0.346 e. The quantitative estimate of drug-likeness (QED) is 0.729. The van der Waals surface area contributed by atoms with Crippen molar-refractivity contribution >= 4 is 23.6 Å². The number of hydrogen-bond acceptors (Lipinski definition) is 1. The molecule has 2 rings (SSSR count). The summed E-state index contributed by atoms with van der Waals surface area (Å²) in [5.41, 5.74) is 1.76. The van der Waals surface area contributed by atoms with Crippen LogP contribution in [0.25, 0.3) is 6.08 Å². The van der Waals surface area contributed by atoms with Crippen LogP contribution in [0.4, 0.5) is 4.39 Å². The lowest BCUT2D eigenvalue weighted by Crippen LogP contribution is -2.26. The van der Waals surface area contributed by atoms with E-state index in [9.17, 15) is 9.18 Å². The molecule has 0 radical (unpaired) electrons. The van der Waals surface area contributed by atoms with Crippen molar-refractivity contribution in [2.75, 3.05) is 0 Å². The van der Waals surface area contributed by atoms with Crippen LogP contribution in [0, 0.1) is 5.82 Å². The van der Waals surface area contributed by atoms with Gasteiger partial charge in [0.2, 0.25) is 5.91 Å². The molecule has 0 heterocycles. The van der Waals surface area contributed by atoms with E-state index in [2.05, 4.69) is 12.2 Å². The van der Waals surface area contributed by atoms with Gasteiger partial charge in [-0.3, -0.25) is 4.79 Å². The molecule has 2 nitrogen and oxygen atoms in total. The first-order valence-electron chi connectivity index (χ1n) is 7.58. The molecule has 120 valence electrons. The first-order valence-corrected chi connectivity index (χ1v) is 7.96. The van der Waals surface area contributed by atoms with Gasteiger partial charge in [-0.15, -0.1) is 0 Å². The second kappa shape index (κ2) is 8.49. The van der Waals surface area contributed by atoms with Gasteiger partial charge >= 0.3 is 0 Å². The highest BCUT2D eigenvalue weighted by molar-refractivity contribution is 6.30. The third-order valence-electron chi connectivity index (χ3n) is 3.47. The lowest BCUT2D eigenvalue weighted by Gasteiger charge is -2.17. The number of carbonyl (C=O) groups is 1. The summed E-state index contributed by atoms with van der Waals surface area (Å²) < 4.78 is 13.1. The predicted octanol–water partition coefficient (Wildman–Crippen LogP) is 5.15. The summed E-state index contributed by atoms with van der Waals surface area (Å²) in [6.45, 7) is 2.08. The molecule has 0 aromatic heterocycles. The van der Waals surface area contributed by atoms with Gasteiger partial charge in [0.05, 0.1) is 11.1 Å². The molecule has 2 aromatic carbocycles. The topological polar surface area (TPSA) is 29.1 Å². The molecule has 0 fully saturated rings. The van der Waals surface area contributed by atoms with Crippen molar-refractivity contribution in [3.8, 4) is 0 Å². The standard InChI is InChI=1S/C19H19ClFNO/c1-2-6-18(15-7-4-3-5-8-15)22-19(23)12-10-14-9-11-17(21)16(20)13-14/h3-5,7-13,18H,2,6H2,1H3,(H,22,23)/b12-10+. The monoisotopic (exact) mass is 331 g/mol. The summed E-state index contributed by atoms with van der Waals surface area (Å²) in [6.07, 6.45) is 4.90. The second-order valence-electron chi connectivity index (χ2n) is 5.27. The van der Waals surface area contributed by atoms with Crippen LogP contribution in [0.5, 0.6) is 0 Å². The Morgan fingerprint density at radius 1 is 1.26 bits per heavy atom. The Labute approximate surface area is 141 Å². The molecule has 4 heteroatoms. The Balaban J connectivity index is 2.04. The summed E-state index contributed by atoms with van der Waals surface area (Å²) >= 11 is 5.73. The Kier molecular flexibility index (Phi) is 6.36. The van der Waals surface area contributed by atoms with Crippen LogP contribution in [0.2, 0.25) is 5.02 Å². The molecule has 0 aliphatic rings. The molecule has 1 atom stereocenters. The van der Waals surface area contributed by atoms with E-state index in [4.69, 9.17) is 11.6 Å². The van der Waals surface area contributed by atoms with Crippen LogP contribution in [-0.2, 0) is 4.79 Å². The molecule has 0 spiro atoms. The summed E-state index contributed by atoms with van der Waals surface area (Å²) in [4.78, 5) is 12.1. The van der Waals surface area contributed by atoms with Crippen molar-refractivity contribution in [2.24, 2.45) is 0 Å². The molecule has 1 N–H and O–H groups in total. The molecule has 0 aliphatic heterocycles. The SMILES string of the molecule is CCCC(NC(=O)/C=C/c1ccc(F)c(Cl)c1)c1ccccc1. The molecule has 2 aromatic rings. The Bertz CT molecular complexity index is 685. The van der Waals surface area contributed by atoms with Crippen LogP contribution in [0.3, 0.4) is 0 Å². The minimum atomic E-state index is -0.472. The first kappa shape index (κ1) is 17.2. The molecule has 23 heavy (non-hydrogen) atoms. The van der Waals surface area contributed by atoms with Gasteiger partial charge in [-0.25, -0.2) is 4.39 Å². The Hall–Kier alpha value is -2.13. The van der Waals surface area contributed by atoms with Crippen LogP contribution in [0.1, 0.15) is 36.9 Å². The van der Waals surface area contributed by atoms with Gasteiger partial charge in [0.25, 0.3) is 0 Å². The van der Waals surface area contributed by atoms with Crippen molar-refractivity contribution in [2.45, 2.75) is 25.8 Å². The third-order valence-corrected chi connectivity index (χ3v) is 3.76. The molecule has 0 bridgehead atoms. The highest BCUT2D eigenvalue weighted by Gasteiger charge is 2.11. The maximum absolute atomic E-state index is 13.1. The predicted molar refractivity (Wildman–Crippen MR) is 92.7 cm³/mol. The zero-order chi connectivity index (χ0) is 16.7. The van der Waals surface area contributed by atoms with Crippen LogP contribution < -0.4 is 5.32 Å². The molecular formula is C19H19ClFNO. The highest BCUT2D eigenvalue weighted by Crippen LogP contribution is 2.19. The summed E-state index contributed by atoms with van der Waals surface area (Å²) in [6, 6.07) is 14.2. The Morgan fingerprint density at radius 2 is 2.00 bits per heavy atom. The van der Waals surface area contributed by atoms with Crippen LogP contribution in [-0.4, -0.2) is 5.91 Å². The summed E-state index contributed by atoms with van der Waals surface area (Å²) in [5, 5.41) is 3.04. The van der Waals surface area contributed by atoms with Crippen molar-refractivity contribution in [1.29, 1.82) is 0 Å². The molecule has 1 amide bonds. The third kappa shape index (κ3) is 5.22. The molecular weight excluding hydrogens is 313 g/mol. The van der Waals surface area contributed by atoms with Gasteiger partial charge in [-0.05, 0) is 35.8 Å². The fourth-order valence-electron chi connectivity index (χ4n) is 2.30. The second-order valence-corrected chi connectivity index (χ2v) is 5.67. The van der Waals surface area contributed by atoms with Crippen molar-refractivity contribution in [1.82, 2.24) is 5.32 Å². The maximum atomic E-state index is 13.1. The van der Waals surface area contributed by atoms with Crippen molar-refractivity contribution in [3.05, 3.63) is 76.6 Å². The van der Waals surface area contributed by atoms with E-state index in [1.54, 1.807) is 12.1 Å². The molecule has 0 saturated heterocycles. The normalized spacial score (nSPS) is 12.3. The number of rotatable bonds is 6. The number of amides is 1.